The van der Waals surface area contributed by atoms with Crippen LogP contribution in [-0.2, 0) is 10.9 Å². The van der Waals surface area contributed by atoms with Gasteiger partial charge in [0, 0.05) is 23.0 Å². The van der Waals surface area contributed by atoms with E-state index in [1.807, 2.05) is 19.9 Å². The van der Waals surface area contributed by atoms with Crippen molar-refractivity contribution in [3.63, 3.8) is 0 Å². The lowest BCUT2D eigenvalue weighted by Crippen LogP contribution is -2.15. The molecule has 1 aliphatic heterocycles. The first-order chi connectivity index (χ1) is 10.4. The van der Waals surface area contributed by atoms with Crippen molar-refractivity contribution in [3.8, 4) is 0 Å². The van der Waals surface area contributed by atoms with Gasteiger partial charge in [-0.25, -0.2) is 0 Å². The molecule has 1 N–H and O–H groups in total. The Morgan fingerprint density at radius 2 is 2.05 bits per heavy atom. The van der Waals surface area contributed by atoms with Crippen molar-refractivity contribution in [3.05, 3.63) is 59.5 Å². The topological polar surface area (TPSA) is 21.3 Å². The Morgan fingerprint density at radius 1 is 1.32 bits per heavy atom. The number of rotatable bonds is 4. The molecule has 0 aromatic heterocycles. The van der Waals surface area contributed by atoms with E-state index >= 15 is 0 Å². The summed E-state index contributed by atoms with van der Waals surface area (Å²) in [7, 11) is 0. The maximum atomic E-state index is 13.2. The summed E-state index contributed by atoms with van der Waals surface area (Å²) in [6.45, 7) is 8.07. The van der Waals surface area contributed by atoms with Crippen LogP contribution in [0, 0.1) is 0 Å². The summed E-state index contributed by atoms with van der Waals surface area (Å²) in [6, 6.07) is 4.05. The van der Waals surface area contributed by atoms with Gasteiger partial charge in [0.1, 0.15) is 5.76 Å². The number of alkyl halides is 3. The van der Waals surface area contributed by atoms with Gasteiger partial charge in [-0.2, -0.15) is 13.2 Å². The number of halogens is 3. The Kier molecular flexibility index (Phi) is 4.64. The maximum absolute atomic E-state index is 13.2. The van der Waals surface area contributed by atoms with Crippen LogP contribution in [0.4, 0.5) is 18.9 Å². The van der Waals surface area contributed by atoms with Crippen LogP contribution in [-0.4, -0.2) is 6.61 Å². The van der Waals surface area contributed by atoms with Crippen molar-refractivity contribution >= 4 is 11.3 Å². The zero-order valence-corrected chi connectivity index (χ0v) is 12.6. The van der Waals surface area contributed by atoms with Gasteiger partial charge in [-0.05, 0) is 37.1 Å². The molecule has 0 atom stereocenters. The van der Waals surface area contributed by atoms with Crippen molar-refractivity contribution < 1.29 is 17.9 Å². The normalized spacial score (nSPS) is 15.0. The molecule has 118 valence electrons. The predicted octanol–water partition coefficient (Wildman–Crippen LogP) is 5.36. The van der Waals surface area contributed by atoms with Crippen LogP contribution in [0.1, 0.15) is 31.4 Å². The molecular weight excluding hydrogens is 291 g/mol. The van der Waals surface area contributed by atoms with Crippen LogP contribution >= 0.6 is 0 Å². The lowest BCUT2D eigenvalue weighted by molar-refractivity contribution is -0.137. The number of benzene rings is 1. The number of ether oxygens (including phenoxy) is 1. The molecule has 1 aromatic carbocycles. The third-order valence-corrected chi connectivity index (χ3v) is 3.32. The van der Waals surface area contributed by atoms with Gasteiger partial charge in [-0.15, -0.1) is 0 Å². The van der Waals surface area contributed by atoms with Gasteiger partial charge in [0.15, 0.2) is 0 Å². The molecule has 1 aliphatic rings. The van der Waals surface area contributed by atoms with E-state index in [1.54, 1.807) is 12.3 Å². The molecule has 0 radical (unpaired) electrons. The molecule has 5 heteroatoms. The molecule has 0 aliphatic carbocycles. The Balaban J connectivity index is 2.51. The third-order valence-electron chi connectivity index (χ3n) is 3.32. The average molecular weight is 309 g/mol. The number of nitrogens with one attached hydrogen (secondary N) is 1. The number of allylic oxidation sites excluding steroid dienone is 2. The van der Waals surface area contributed by atoms with Crippen molar-refractivity contribution in [1.29, 1.82) is 0 Å². The van der Waals surface area contributed by atoms with Gasteiger partial charge in [-0.3, -0.25) is 0 Å². The minimum Gasteiger partial charge on any atom is -0.494 e. The molecule has 0 spiro atoms. The van der Waals surface area contributed by atoms with Crippen LogP contribution < -0.4 is 5.32 Å². The summed E-state index contributed by atoms with van der Waals surface area (Å²) in [4.78, 5) is 0. The van der Waals surface area contributed by atoms with Crippen LogP contribution in [0.3, 0.4) is 0 Å². The summed E-state index contributed by atoms with van der Waals surface area (Å²) in [6.07, 6.45) is -0.238. The van der Waals surface area contributed by atoms with E-state index in [0.717, 1.165) is 6.07 Å². The largest absolute Gasteiger partial charge is 0.494 e. The van der Waals surface area contributed by atoms with Crippen molar-refractivity contribution in [2.75, 3.05) is 11.9 Å². The van der Waals surface area contributed by atoms with Gasteiger partial charge in [-0.1, -0.05) is 19.6 Å². The van der Waals surface area contributed by atoms with E-state index in [2.05, 4.69) is 11.9 Å². The Morgan fingerprint density at radius 3 is 2.64 bits per heavy atom. The fraction of sp³-hybridized carbons (Fsp3) is 0.294. The van der Waals surface area contributed by atoms with E-state index in [1.165, 1.54) is 6.07 Å². The van der Waals surface area contributed by atoms with E-state index in [9.17, 15) is 13.2 Å². The summed E-state index contributed by atoms with van der Waals surface area (Å²) in [5.41, 5.74) is 0.647. The van der Waals surface area contributed by atoms with Gasteiger partial charge < -0.3 is 10.1 Å². The summed E-state index contributed by atoms with van der Waals surface area (Å²) >= 11 is 0. The molecule has 1 aromatic rings. The van der Waals surface area contributed by atoms with E-state index in [0.29, 0.717) is 35.6 Å². The van der Waals surface area contributed by atoms with Crippen LogP contribution in [0.25, 0.3) is 5.57 Å². The minimum absolute atomic E-state index is 0.0780. The highest BCUT2D eigenvalue weighted by molar-refractivity contribution is 5.92. The molecule has 2 nitrogen and oxygen atoms in total. The fourth-order valence-electron chi connectivity index (χ4n) is 2.41. The van der Waals surface area contributed by atoms with Crippen molar-refractivity contribution in [2.24, 2.45) is 0 Å². The second-order valence-corrected chi connectivity index (χ2v) is 4.82. The second-order valence-electron chi connectivity index (χ2n) is 4.82. The number of anilines is 1. The van der Waals surface area contributed by atoms with Gasteiger partial charge in [0.05, 0.1) is 12.2 Å². The molecule has 0 amide bonds. The molecule has 0 unspecified atom stereocenters. The second kappa shape index (κ2) is 6.30. The summed E-state index contributed by atoms with van der Waals surface area (Å²) in [5.74, 6) is 0.546. The molecule has 1 heterocycles. The van der Waals surface area contributed by atoms with Crippen LogP contribution in [0.5, 0.6) is 0 Å². The van der Waals surface area contributed by atoms with E-state index in [4.69, 9.17) is 4.74 Å². The predicted molar refractivity (Wildman–Crippen MR) is 82.2 cm³/mol. The Labute approximate surface area is 128 Å². The monoisotopic (exact) mass is 309 g/mol. The quantitative estimate of drug-likeness (QED) is 0.756. The average Bonchev–Trinajstić information content (AvgIpc) is 2.46. The highest BCUT2D eigenvalue weighted by Gasteiger charge is 2.36. The van der Waals surface area contributed by atoms with E-state index in [-0.39, 0.29) is 5.56 Å². The zero-order valence-electron chi connectivity index (χ0n) is 12.6. The number of hydrogen-bond acceptors (Lipinski definition) is 2. The van der Waals surface area contributed by atoms with Gasteiger partial charge >= 0.3 is 6.18 Å². The Hall–Kier alpha value is -2.17. The molecule has 22 heavy (non-hydrogen) atoms. The fourth-order valence-corrected chi connectivity index (χ4v) is 2.41. The zero-order chi connectivity index (χ0) is 16.3. The first kappa shape index (κ1) is 16.2. The van der Waals surface area contributed by atoms with Crippen LogP contribution in [0.2, 0.25) is 0 Å². The molecule has 0 bridgehead atoms. The highest BCUT2D eigenvalue weighted by Crippen LogP contribution is 2.43. The highest BCUT2D eigenvalue weighted by atomic mass is 19.4. The molecule has 0 saturated carbocycles. The number of hydrogen-bond donors (Lipinski definition) is 1. The van der Waals surface area contributed by atoms with E-state index < -0.39 is 11.7 Å². The minimum atomic E-state index is -4.43. The lowest BCUT2D eigenvalue weighted by Gasteiger charge is -2.25. The molecular formula is C17H18F3NO. The van der Waals surface area contributed by atoms with Gasteiger partial charge in [0.2, 0.25) is 0 Å². The maximum Gasteiger partial charge on any atom is 0.417 e. The molecule has 0 fully saturated rings. The van der Waals surface area contributed by atoms with Crippen molar-refractivity contribution in [2.45, 2.75) is 26.4 Å². The van der Waals surface area contributed by atoms with Crippen LogP contribution in [0.15, 0.2) is 48.4 Å². The molecule has 0 saturated heterocycles. The standard InChI is InChI=1S/C17H18F3NO/c1-4-7-15(22-5-2)12-10-21-14-9-6-8-13(17(18,19)20)16(14)11(12)3/h6-10,21H,3-5H2,1-2H3/b15-7+. The lowest BCUT2D eigenvalue weighted by atomic mass is 9.90. The number of fused-ring (bicyclic) bond motifs is 1. The SMILES string of the molecule is C=C1C(/C(=C\CC)OCC)=CNc2cccc(C(F)(F)F)c21. The summed E-state index contributed by atoms with van der Waals surface area (Å²) in [5, 5.41) is 2.91. The first-order valence-corrected chi connectivity index (χ1v) is 7.10. The summed E-state index contributed by atoms with van der Waals surface area (Å²) < 4.78 is 45.3. The van der Waals surface area contributed by atoms with Gasteiger partial charge in [0.25, 0.3) is 0 Å². The van der Waals surface area contributed by atoms with Crippen molar-refractivity contribution in [1.82, 2.24) is 0 Å². The smallest absolute Gasteiger partial charge is 0.417 e. The third kappa shape index (κ3) is 3.03. The first-order valence-electron chi connectivity index (χ1n) is 7.10. The Bertz CT molecular complexity index is 642. The molecule has 2 rings (SSSR count).